The Balaban J connectivity index is 2.99. The third-order valence-electron chi connectivity index (χ3n) is 2.24. The van der Waals surface area contributed by atoms with Crippen LogP contribution in [0.4, 0.5) is 0 Å². The van der Waals surface area contributed by atoms with Crippen molar-refractivity contribution in [1.29, 1.82) is 0 Å². The molecule has 0 aromatic carbocycles. The zero-order valence-corrected chi connectivity index (χ0v) is 8.02. The minimum absolute atomic E-state index is 0.100. The molecule has 0 unspecified atom stereocenters. The predicted octanol–water partition coefficient (Wildman–Crippen LogP) is 1.06. The van der Waals surface area contributed by atoms with Crippen LogP contribution in [-0.2, 0) is 9.53 Å². The van der Waals surface area contributed by atoms with Gasteiger partial charge in [-0.1, -0.05) is 13.8 Å². The van der Waals surface area contributed by atoms with E-state index in [1.165, 1.54) is 7.11 Å². The summed E-state index contributed by atoms with van der Waals surface area (Å²) in [5.41, 5.74) is 1.61. The number of hydrogen-bond acceptors (Lipinski definition) is 3. The van der Waals surface area contributed by atoms with Gasteiger partial charge in [0.25, 0.3) is 0 Å². The summed E-state index contributed by atoms with van der Waals surface area (Å²) in [7, 11) is 1.41. The smallest absolute Gasteiger partial charge is 0.336 e. The predicted molar refractivity (Wildman–Crippen MR) is 46.5 cm³/mol. The van der Waals surface area contributed by atoms with Gasteiger partial charge in [-0.25, -0.2) is 4.79 Å². The molecule has 0 aromatic rings. The van der Waals surface area contributed by atoms with Crippen LogP contribution in [0.25, 0.3) is 0 Å². The van der Waals surface area contributed by atoms with Gasteiger partial charge < -0.3 is 10.1 Å². The Hall–Kier alpha value is -0.990. The molecule has 1 aliphatic rings. The highest BCUT2D eigenvalue weighted by Crippen LogP contribution is 2.33. The maximum Gasteiger partial charge on any atom is 0.336 e. The molecule has 68 valence electrons. The highest BCUT2D eigenvalue weighted by Gasteiger charge is 2.35. The van der Waals surface area contributed by atoms with Crippen LogP contribution in [0.5, 0.6) is 0 Å². The fraction of sp³-hybridized carbons (Fsp3) is 0.667. The summed E-state index contributed by atoms with van der Waals surface area (Å²) in [6.45, 7) is 6.77. The van der Waals surface area contributed by atoms with Gasteiger partial charge in [0.05, 0.1) is 12.7 Å². The van der Waals surface area contributed by atoms with Gasteiger partial charge in [0, 0.05) is 17.7 Å². The van der Waals surface area contributed by atoms with Crippen molar-refractivity contribution in [2.24, 2.45) is 5.41 Å². The van der Waals surface area contributed by atoms with Crippen LogP contribution in [0, 0.1) is 5.41 Å². The van der Waals surface area contributed by atoms with E-state index in [1.807, 2.05) is 20.8 Å². The van der Waals surface area contributed by atoms with E-state index in [2.05, 4.69) is 5.32 Å². The molecular weight excluding hydrogens is 154 g/mol. The molecular formula is C9H15NO2. The van der Waals surface area contributed by atoms with Crippen molar-refractivity contribution in [3.05, 3.63) is 11.3 Å². The molecule has 0 spiro atoms. The lowest BCUT2D eigenvalue weighted by molar-refractivity contribution is -0.137. The monoisotopic (exact) mass is 169 g/mol. The maximum atomic E-state index is 11.3. The number of carbonyl (C=O) groups is 1. The molecule has 0 aromatic heterocycles. The van der Waals surface area contributed by atoms with Gasteiger partial charge in [0.15, 0.2) is 0 Å². The molecule has 0 saturated carbocycles. The zero-order valence-electron chi connectivity index (χ0n) is 8.02. The van der Waals surface area contributed by atoms with E-state index in [0.29, 0.717) is 0 Å². The van der Waals surface area contributed by atoms with Crippen molar-refractivity contribution in [2.45, 2.75) is 20.8 Å². The molecule has 0 radical (unpaired) electrons. The minimum atomic E-state index is -0.220. The van der Waals surface area contributed by atoms with Crippen molar-refractivity contribution in [2.75, 3.05) is 13.7 Å². The second-order valence-electron chi connectivity index (χ2n) is 3.73. The molecule has 3 heteroatoms. The van der Waals surface area contributed by atoms with Crippen molar-refractivity contribution >= 4 is 5.97 Å². The molecule has 1 heterocycles. The van der Waals surface area contributed by atoms with E-state index in [0.717, 1.165) is 17.8 Å². The number of allylic oxidation sites excluding steroid dienone is 1. The Morgan fingerprint density at radius 3 is 2.50 bits per heavy atom. The van der Waals surface area contributed by atoms with Crippen LogP contribution < -0.4 is 5.32 Å². The first-order valence-corrected chi connectivity index (χ1v) is 4.02. The lowest BCUT2D eigenvalue weighted by Gasteiger charge is -2.18. The highest BCUT2D eigenvalue weighted by molar-refractivity contribution is 5.91. The topological polar surface area (TPSA) is 38.3 Å². The van der Waals surface area contributed by atoms with Crippen molar-refractivity contribution < 1.29 is 9.53 Å². The second-order valence-corrected chi connectivity index (χ2v) is 3.73. The number of hydrogen-bond donors (Lipinski definition) is 1. The molecule has 0 amide bonds. The lowest BCUT2D eigenvalue weighted by Crippen LogP contribution is -2.23. The first-order valence-electron chi connectivity index (χ1n) is 4.02. The number of ether oxygens (including phenoxy) is 1. The first kappa shape index (κ1) is 9.10. The maximum absolute atomic E-state index is 11.3. The summed E-state index contributed by atoms with van der Waals surface area (Å²) >= 11 is 0. The van der Waals surface area contributed by atoms with E-state index in [-0.39, 0.29) is 11.4 Å². The summed E-state index contributed by atoms with van der Waals surface area (Å²) in [6.07, 6.45) is 0. The van der Waals surface area contributed by atoms with E-state index < -0.39 is 0 Å². The number of carbonyl (C=O) groups excluding carboxylic acids is 1. The summed E-state index contributed by atoms with van der Waals surface area (Å²) in [6, 6.07) is 0. The molecule has 0 fully saturated rings. The van der Waals surface area contributed by atoms with Crippen LogP contribution in [-0.4, -0.2) is 19.6 Å². The van der Waals surface area contributed by atoms with Gasteiger partial charge in [0.1, 0.15) is 0 Å². The number of rotatable bonds is 1. The third-order valence-corrected chi connectivity index (χ3v) is 2.24. The third kappa shape index (κ3) is 1.31. The quantitative estimate of drug-likeness (QED) is 0.596. The van der Waals surface area contributed by atoms with Crippen LogP contribution in [0.3, 0.4) is 0 Å². The van der Waals surface area contributed by atoms with Crippen LogP contribution in [0.1, 0.15) is 20.8 Å². The Morgan fingerprint density at radius 2 is 2.17 bits per heavy atom. The Bertz CT molecular complexity index is 241. The standard InChI is InChI=1S/C9H15NO2/c1-6-7(8(11)12-4)9(2,3)5-10-6/h10H,5H2,1-4H3. The molecule has 12 heavy (non-hydrogen) atoms. The largest absolute Gasteiger partial charge is 0.466 e. The van der Waals surface area contributed by atoms with E-state index >= 15 is 0 Å². The van der Waals surface area contributed by atoms with Crippen LogP contribution in [0.15, 0.2) is 11.3 Å². The summed E-state index contributed by atoms with van der Waals surface area (Å²) in [5, 5.41) is 3.15. The average Bonchev–Trinajstić information content (AvgIpc) is 2.25. The lowest BCUT2D eigenvalue weighted by atomic mass is 9.86. The van der Waals surface area contributed by atoms with Crippen molar-refractivity contribution in [3.8, 4) is 0 Å². The van der Waals surface area contributed by atoms with Crippen LogP contribution in [0.2, 0.25) is 0 Å². The second kappa shape index (κ2) is 2.81. The fourth-order valence-electron chi connectivity index (χ4n) is 1.57. The first-order chi connectivity index (χ1) is 5.49. The molecule has 0 atom stereocenters. The zero-order chi connectivity index (χ0) is 9.35. The molecule has 1 N–H and O–H groups in total. The van der Waals surface area contributed by atoms with Crippen molar-refractivity contribution in [3.63, 3.8) is 0 Å². The number of nitrogens with one attached hydrogen (secondary N) is 1. The van der Waals surface area contributed by atoms with E-state index in [4.69, 9.17) is 4.74 Å². The number of esters is 1. The molecule has 0 aliphatic carbocycles. The van der Waals surface area contributed by atoms with Crippen LogP contribution >= 0.6 is 0 Å². The molecule has 3 nitrogen and oxygen atoms in total. The van der Waals surface area contributed by atoms with Crippen molar-refractivity contribution in [1.82, 2.24) is 5.32 Å². The highest BCUT2D eigenvalue weighted by atomic mass is 16.5. The summed E-state index contributed by atoms with van der Waals surface area (Å²) in [5.74, 6) is -0.220. The Kier molecular flexibility index (Phi) is 2.13. The fourth-order valence-corrected chi connectivity index (χ4v) is 1.57. The SMILES string of the molecule is COC(=O)C1=C(C)NCC1(C)C. The van der Waals surface area contributed by atoms with E-state index in [1.54, 1.807) is 0 Å². The number of methoxy groups -OCH3 is 1. The minimum Gasteiger partial charge on any atom is -0.466 e. The van der Waals surface area contributed by atoms with E-state index in [9.17, 15) is 4.79 Å². The summed E-state index contributed by atoms with van der Waals surface area (Å²) < 4.78 is 4.70. The van der Waals surface area contributed by atoms with Gasteiger partial charge in [-0.05, 0) is 6.92 Å². The van der Waals surface area contributed by atoms with Gasteiger partial charge in [-0.2, -0.15) is 0 Å². The summed E-state index contributed by atoms with van der Waals surface area (Å²) in [4.78, 5) is 11.3. The molecule has 1 rings (SSSR count). The van der Waals surface area contributed by atoms with Gasteiger partial charge in [-0.3, -0.25) is 0 Å². The van der Waals surface area contributed by atoms with Gasteiger partial charge in [0.2, 0.25) is 0 Å². The molecule has 0 bridgehead atoms. The van der Waals surface area contributed by atoms with Gasteiger partial charge in [-0.15, -0.1) is 0 Å². The van der Waals surface area contributed by atoms with Gasteiger partial charge >= 0.3 is 5.97 Å². The molecule has 0 saturated heterocycles. The molecule has 1 aliphatic heterocycles. The Labute approximate surface area is 72.8 Å². The normalized spacial score (nSPS) is 20.7. The average molecular weight is 169 g/mol. The Morgan fingerprint density at radius 1 is 1.58 bits per heavy atom.